The SMILES string of the molecule is CCCN(Cc1ccc(F)cc1)CC1CCCCO1. The Morgan fingerprint density at radius 1 is 1.26 bits per heavy atom. The lowest BCUT2D eigenvalue weighted by Gasteiger charge is -2.29. The zero-order chi connectivity index (χ0) is 13.5. The van der Waals surface area contributed by atoms with E-state index in [1.54, 1.807) is 0 Å². The van der Waals surface area contributed by atoms with Gasteiger partial charge in [0.15, 0.2) is 0 Å². The number of ether oxygens (including phenoxy) is 1. The van der Waals surface area contributed by atoms with Crippen molar-refractivity contribution in [3.63, 3.8) is 0 Å². The molecule has 0 bridgehead atoms. The second-order valence-electron chi connectivity index (χ2n) is 5.35. The van der Waals surface area contributed by atoms with Crippen LogP contribution < -0.4 is 0 Å². The van der Waals surface area contributed by atoms with Gasteiger partial charge in [-0.05, 0) is 49.9 Å². The molecule has 0 spiro atoms. The number of halogens is 1. The Balaban J connectivity index is 1.89. The van der Waals surface area contributed by atoms with Crippen LogP contribution in [0.2, 0.25) is 0 Å². The monoisotopic (exact) mass is 265 g/mol. The fraction of sp³-hybridized carbons (Fsp3) is 0.625. The maximum absolute atomic E-state index is 12.9. The molecular formula is C16H24FNO. The van der Waals surface area contributed by atoms with Gasteiger partial charge in [-0.15, -0.1) is 0 Å². The molecule has 0 radical (unpaired) electrons. The molecule has 0 aromatic heterocycles. The fourth-order valence-corrected chi connectivity index (χ4v) is 2.64. The first-order valence-corrected chi connectivity index (χ1v) is 7.36. The minimum Gasteiger partial charge on any atom is -0.377 e. The van der Waals surface area contributed by atoms with Crippen LogP contribution in [-0.4, -0.2) is 30.7 Å². The summed E-state index contributed by atoms with van der Waals surface area (Å²) >= 11 is 0. The number of hydrogen-bond acceptors (Lipinski definition) is 2. The van der Waals surface area contributed by atoms with Gasteiger partial charge in [-0.2, -0.15) is 0 Å². The lowest BCUT2D eigenvalue weighted by Crippen LogP contribution is -2.35. The molecule has 0 amide bonds. The minimum absolute atomic E-state index is 0.165. The average Bonchev–Trinajstić information content (AvgIpc) is 2.43. The lowest BCUT2D eigenvalue weighted by atomic mass is 10.1. The third-order valence-corrected chi connectivity index (χ3v) is 3.60. The Labute approximate surface area is 115 Å². The lowest BCUT2D eigenvalue weighted by molar-refractivity contribution is -0.00713. The van der Waals surface area contributed by atoms with Crippen molar-refractivity contribution in [2.24, 2.45) is 0 Å². The summed E-state index contributed by atoms with van der Waals surface area (Å²) in [6.07, 6.45) is 5.15. The van der Waals surface area contributed by atoms with Gasteiger partial charge < -0.3 is 4.74 Å². The molecule has 1 aliphatic heterocycles. The summed E-state index contributed by atoms with van der Waals surface area (Å²) in [4.78, 5) is 2.42. The average molecular weight is 265 g/mol. The maximum Gasteiger partial charge on any atom is 0.123 e. The summed E-state index contributed by atoms with van der Waals surface area (Å²) in [5.74, 6) is -0.165. The Morgan fingerprint density at radius 2 is 2.05 bits per heavy atom. The van der Waals surface area contributed by atoms with Gasteiger partial charge in [-0.3, -0.25) is 4.90 Å². The molecule has 1 heterocycles. The second kappa shape index (κ2) is 7.61. The molecule has 1 unspecified atom stereocenters. The highest BCUT2D eigenvalue weighted by Gasteiger charge is 2.17. The van der Waals surface area contributed by atoms with Gasteiger partial charge in [0.25, 0.3) is 0 Å². The van der Waals surface area contributed by atoms with Crippen molar-refractivity contribution in [1.29, 1.82) is 0 Å². The van der Waals surface area contributed by atoms with Crippen molar-refractivity contribution in [2.75, 3.05) is 19.7 Å². The molecule has 1 saturated heterocycles. The van der Waals surface area contributed by atoms with Gasteiger partial charge in [0.05, 0.1) is 6.10 Å². The van der Waals surface area contributed by atoms with E-state index in [9.17, 15) is 4.39 Å². The summed E-state index contributed by atoms with van der Waals surface area (Å²) in [5.41, 5.74) is 1.17. The molecule has 0 N–H and O–H groups in total. The van der Waals surface area contributed by atoms with Crippen molar-refractivity contribution in [2.45, 2.75) is 45.3 Å². The van der Waals surface area contributed by atoms with Gasteiger partial charge in [0, 0.05) is 19.7 Å². The predicted molar refractivity (Wildman–Crippen MR) is 75.6 cm³/mol. The highest BCUT2D eigenvalue weighted by Crippen LogP contribution is 2.15. The van der Waals surface area contributed by atoms with Crippen LogP contribution in [0.1, 0.15) is 38.2 Å². The van der Waals surface area contributed by atoms with Gasteiger partial charge in [0.2, 0.25) is 0 Å². The van der Waals surface area contributed by atoms with Crippen molar-refractivity contribution in [3.05, 3.63) is 35.6 Å². The summed E-state index contributed by atoms with van der Waals surface area (Å²) in [6, 6.07) is 6.83. The van der Waals surface area contributed by atoms with Crippen molar-refractivity contribution in [1.82, 2.24) is 4.90 Å². The molecule has 1 aromatic carbocycles. The molecule has 1 aliphatic rings. The van der Waals surface area contributed by atoms with Crippen LogP contribution >= 0.6 is 0 Å². The van der Waals surface area contributed by atoms with Crippen LogP contribution in [0.15, 0.2) is 24.3 Å². The molecule has 1 atom stereocenters. The highest BCUT2D eigenvalue weighted by atomic mass is 19.1. The van der Waals surface area contributed by atoms with E-state index in [1.165, 1.54) is 37.0 Å². The van der Waals surface area contributed by atoms with E-state index >= 15 is 0 Å². The minimum atomic E-state index is -0.165. The number of benzene rings is 1. The standard InChI is InChI=1S/C16H24FNO/c1-2-10-18(13-16-5-3-4-11-19-16)12-14-6-8-15(17)9-7-14/h6-9,16H,2-5,10-13H2,1H3. The Kier molecular flexibility index (Phi) is 5.80. The van der Waals surface area contributed by atoms with E-state index in [4.69, 9.17) is 4.74 Å². The summed E-state index contributed by atoms with van der Waals surface area (Å²) in [5, 5.41) is 0. The molecule has 1 aromatic rings. The maximum atomic E-state index is 12.9. The van der Waals surface area contributed by atoms with E-state index in [1.807, 2.05) is 12.1 Å². The molecule has 0 saturated carbocycles. The Morgan fingerprint density at radius 3 is 2.68 bits per heavy atom. The third-order valence-electron chi connectivity index (χ3n) is 3.60. The molecular weight excluding hydrogens is 241 g/mol. The molecule has 0 aliphatic carbocycles. The number of rotatable bonds is 6. The smallest absolute Gasteiger partial charge is 0.123 e. The number of nitrogens with zero attached hydrogens (tertiary/aromatic N) is 1. The van der Waals surface area contributed by atoms with Gasteiger partial charge in [0.1, 0.15) is 5.82 Å². The largest absolute Gasteiger partial charge is 0.377 e. The van der Waals surface area contributed by atoms with Gasteiger partial charge in [-0.25, -0.2) is 4.39 Å². The summed E-state index contributed by atoms with van der Waals surface area (Å²) in [6.45, 7) is 6.04. The third kappa shape index (κ3) is 4.92. The van der Waals surface area contributed by atoms with E-state index < -0.39 is 0 Å². The number of hydrogen-bond donors (Lipinski definition) is 0. The van der Waals surface area contributed by atoms with Crippen LogP contribution in [0.3, 0.4) is 0 Å². The van der Waals surface area contributed by atoms with E-state index in [-0.39, 0.29) is 5.82 Å². The van der Waals surface area contributed by atoms with Crippen LogP contribution in [0, 0.1) is 5.82 Å². The first-order chi connectivity index (χ1) is 9.28. The topological polar surface area (TPSA) is 12.5 Å². The Bertz CT molecular complexity index is 360. The highest BCUT2D eigenvalue weighted by molar-refractivity contribution is 5.15. The van der Waals surface area contributed by atoms with Crippen molar-refractivity contribution < 1.29 is 9.13 Å². The van der Waals surface area contributed by atoms with E-state index in [0.717, 1.165) is 32.7 Å². The van der Waals surface area contributed by atoms with E-state index in [2.05, 4.69) is 11.8 Å². The normalized spacial score (nSPS) is 19.8. The summed E-state index contributed by atoms with van der Waals surface area (Å²) < 4.78 is 18.7. The molecule has 19 heavy (non-hydrogen) atoms. The van der Waals surface area contributed by atoms with Crippen LogP contribution in [0.5, 0.6) is 0 Å². The van der Waals surface area contributed by atoms with Gasteiger partial charge >= 0.3 is 0 Å². The molecule has 106 valence electrons. The van der Waals surface area contributed by atoms with Crippen LogP contribution in [0.25, 0.3) is 0 Å². The quantitative estimate of drug-likeness (QED) is 0.779. The zero-order valence-corrected chi connectivity index (χ0v) is 11.8. The first-order valence-electron chi connectivity index (χ1n) is 7.36. The molecule has 3 heteroatoms. The second-order valence-corrected chi connectivity index (χ2v) is 5.35. The molecule has 2 nitrogen and oxygen atoms in total. The molecule has 1 fully saturated rings. The first kappa shape index (κ1) is 14.5. The van der Waals surface area contributed by atoms with E-state index in [0.29, 0.717) is 6.10 Å². The predicted octanol–water partition coefficient (Wildman–Crippen LogP) is 3.61. The van der Waals surface area contributed by atoms with Crippen molar-refractivity contribution >= 4 is 0 Å². The van der Waals surface area contributed by atoms with Gasteiger partial charge in [-0.1, -0.05) is 19.1 Å². The fourth-order valence-electron chi connectivity index (χ4n) is 2.64. The Hall–Kier alpha value is -0.930. The van der Waals surface area contributed by atoms with Crippen LogP contribution in [-0.2, 0) is 11.3 Å². The van der Waals surface area contributed by atoms with Crippen molar-refractivity contribution in [3.8, 4) is 0 Å². The zero-order valence-electron chi connectivity index (χ0n) is 11.8. The molecule has 2 rings (SSSR count). The van der Waals surface area contributed by atoms with Crippen LogP contribution in [0.4, 0.5) is 4.39 Å². The summed E-state index contributed by atoms with van der Waals surface area (Å²) in [7, 11) is 0.